The number of ether oxygens (including phenoxy) is 2. The van der Waals surface area contributed by atoms with Crippen LogP contribution in [-0.2, 0) is 6.54 Å². The molecule has 0 saturated carbocycles. The number of fused-ring (bicyclic) bond motifs is 1. The van der Waals surface area contributed by atoms with Gasteiger partial charge in [0, 0.05) is 11.1 Å². The van der Waals surface area contributed by atoms with E-state index in [9.17, 15) is 9.59 Å². The summed E-state index contributed by atoms with van der Waals surface area (Å²) in [4.78, 5) is 28.0. The molecule has 1 aromatic heterocycles. The van der Waals surface area contributed by atoms with Gasteiger partial charge >= 0.3 is 5.69 Å². The van der Waals surface area contributed by atoms with Gasteiger partial charge in [-0.15, -0.1) is 0 Å². The molecule has 0 bridgehead atoms. The first-order valence-electron chi connectivity index (χ1n) is 8.34. The van der Waals surface area contributed by atoms with Gasteiger partial charge in [-0.3, -0.25) is 9.36 Å². The largest absolute Gasteiger partial charge is 0.490 e. The van der Waals surface area contributed by atoms with Gasteiger partial charge in [-0.05, 0) is 37.6 Å². The highest BCUT2D eigenvalue weighted by atomic mass is 35.5. The first kappa shape index (κ1) is 18.1. The Bertz CT molecular complexity index is 1040. The van der Waals surface area contributed by atoms with Crippen molar-refractivity contribution in [2.24, 2.45) is 0 Å². The molecule has 0 amide bonds. The summed E-state index contributed by atoms with van der Waals surface area (Å²) < 4.78 is 12.3. The molecule has 0 unspecified atom stereocenters. The fraction of sp³-hybridized carbons (Fsp3) is 0.263. The maximum Gasteiger partial charge on any atom is 0.329 e. The second-order valence-electron chi connectivity index (χ2n) is 5.66. The number of hydrogen-bond acceptors (Lipinski definition) is 4. The average molecular weight is 375 g/mol. The van der Waals surface area contributed by atoms with E-state index in [0.29, 0.717) is 40.6 Å². The van der Waals surface area contributed by atoms with Crippen molar-refractivity contribution in [3.63, 3.8) is 0 Å². The van der Waals surface area contributed by atoms with Crippen molar-refractivity contribution in [1.29, 1.82) is 0 Å². The number of halogens is 1. The van der Waals surface area contributed by atoms with Gasteiger partial charge in [0.25, 0.3) is 5.56 Å². The summed E-state index contributed by atoms with van der Waals surface area (Å²) in [7, 11) is 0. The number of hydrogen-bond donors (Lipinski definition) is 1. The Kier molecular flexibility index (Phi) is 5.32. The molecule has 0 fully saturated rings. The van der Waals surface area contributed by atoms with Crippen molar-refractivity contribution in [2.75, 3.05) is 13.2 Å². The molecule has 136 valence electrons. The number of rotatable bonds is 6. The lowest BCUT2D eigenvalue weighted by Crippen LogP contribution is -2.35. The van der Waals surface area contributed by atoms with E-state index < -0.39 is 5.69 Å². The number of nitrogens with one attached hydrogen (secondary N) is 1. The SMILES string of the molecule is CCOc1cc2[nH]c(=O)n(Cc3ccc(Cl)cc3)c(=O)c2cc1OCC. The number of nitrogens with zero attached hydrogens (tertiary/aromatic N) is 1. The Hall–Kier alpha value is -2.73. The average Bonchev–Trinajstić information content (AvgIpc) is 2.62. The van der Waals surface area contributed by atoms with Crippen molar-refractivity contribution in [2.45, 2.75) is 20.4 Å². The molecule has 0 aliphatic heterocycles. The molecule has 0 radical (unpaired) electrons. The van der Waals surface area contributed by atoms with E-state index in [2.05, 4.69) is 4.98 Å². The Morgan fingerprint density at radius 1 is 1.00 bits per heavy atom. The fourth-order valence-corrected chi connectivity index (χ4v) is 2.84. The maximum absolute atomic E-state index is 12.9. The molecule has 1 N–H and O–H groups in total. The monoisotopic (exact) mass is 374 g/mol. The molecule has 0 aliphatic rings. The zero-order valence-corrected chi connectivity index (χ0v) is 15.3. The summed E-state index contributed by atoms with van der Waals surface area (Å²) in [5.74, 6) is 0.969. The lowest BCUT2D eigenvalue weighted by Gasteiger charge is -2.13. The number of aromatic nitrogens is 2. The smallest absolute Gasteiger partial charge is 0.329 e. The third-order valence-electron chi connectivity index (χ3n) is 3.90. The molecule has 0 aliphatic carbocycles. The molecule has 3 rings (SSSR count). The molecule has 0 spiro atoms. The summed E-state index contributed by atoms with van der Waals surface area (Å²) in [6.07, 6.45) is 0. The quantitative estimate of drug-likeness (QED) is 0.719. The Morgan fingerprint density at radius 2 is 1.62 bits per heavy atom. The van der Waals surface area contributed by atoms with E-state index in [0.717, 1.165) is 10.1 Å². The van der Waals surface area contributed by atoms with Crippen LogP contribution in [0.4, 0.5) is 0 Å². The Morgan fingerprint density at radius 3 is 2.23 bits per heavy atom. The van der Waals surface area contributed by atoms with Crippen LogP contribution in [0.3, 0.4) is 0 Å². The van der Waals surface area contributed by atoms with E-state index in [4.69, 9.17) is 21.1 Å². The third-order valence-corrected chi connectivity index (χ3v) is 4.15. The van der Waals surface area contributed by atoms with Crippen molar-refractivity contribution in [3.05, 3.63) is 67.8 Å². The van der Waals surface area contributed by atoms with Crippen LogP contribution in [-0.4, -0.2) is 22.8 Å². The van der Waals surface area contributed by atoms with Crippen LogP contribution in [0, 0.1) is 0 Å². The van der Waals surface area contributed by atoms with Crippen LogP contribution in [0.1, 0.15) is 19.4 Å². The lowest BCUT2D eigenvalue weighted by atomic mass is 10.2. The summed E-state index contributed by atoms with van der Waals surface area (Å²) in [6.45, 7) is 4.74. The number of benzene rings is 2. The van der Waals surface area contributed by atoms with Gasteiger partial charge < -0.3 is 14.5 Å². The minimum Gasteiger partial charge on any atom is -0.490 e. The molecule has 2 aromatic carbocycles. The van der Waals surface area contributed by atoms with Crippen molar-refractivity contribution >= 4 is 22.5 Å². The molecule has 7 heteroatoms. The summed E-state index contributed by atoms with van der Waals surface area (Å²) in [5.41, 5.74) is 0.350. The fourth-order valence-electron chi connectivity index (χ4n) is 2.71. The van der Waals surface area contributed by atoms with Gasteiger partial charge in [-0.25, -0.2) is 4.79 Å². The predicted octanol–water partition coefficient (Wildman–Crippen LogP) is 3.19. The minimum absolute atomic E-state index is 0.151. The van der Waals surface area contributed by atoms with Crippen molar-refractivity contribution in [1.82, 2.24) is 9.55 Å². The summed E-state index contributed by atoms with van der Waals surface area (Å²) >= 11 is 5.88. The first-order valence-corrected chi connectivity index (χ1v) is 8.72. The van der Waals surface area contributed by atoms with E-state index in [1.54, 1.807) is 36.4 Å². The van der Waals surface area contributed by atoms with Crippen LogP contribution in [0.25, 0.3) is 10.9 Å². The second kappa shape index (κ2) is 7.66. The lowest BCUT2D eigenvalue weighted by molar-refractivity contribution is 0.288. The van der Waals surface area contributed by atoms with Crippen LogP contribution in [0.2, 0.25) is 5.02 Å². The van der Waals surface area contributed by atoms with Crippen LogP contribution in [0.5, 0.6) is 11.5 Å². The van der Waals surface area contributed by atoms with E-state index in [1.807, 2.05) is 13.8 Å². The summed E-state index contributed by atoms with van der Waals surface area (Å²) in [5, 5.41) is 0.962. The predicted molar refractivity (Wildman–Crippen MR) is 102 cm³/mol. The topological polar surface area (TPSA) is 73.3 Å². The molecule has 3 aromatic rings. The molecule has 0 atom stereocenters. The van der Waals surface area contributed by atoms with Gasteiger partial charge in [0.1, 0.15) is 0 Å². The van der Waals surface area contributed by atoms with Gasteiger partial charge in [0.2, 0.25) is 0 Å². The van der Waals surface area contributed by atoms with Crippen LogP contribution in [0.15, 0.2) is 46.0 Å². The Balaban J connectivity index is 2.13. The minimum atomic E-state index is -0.482. The normalized spacial score (nSPS) is 10.9. The first-order chi connectivity index (χ1) is 12.5. The van der Waals surface area contributed by atoms with Gasteiger partial charge in [-0.2, -0.15) is 0 Å². The molecular weight excluding hydrogens is 356 g/mol. The van der Waals surface area contributed by atoms with Gasteiger partial charge in [0.15, 0.2) is 11.5 Å². The zero-order chi connectivity index (χ0) is 18.7. The number of aromatic amines is 1. The van der Waals surface area contributed by atoms with E-state index >= 15 is 0 Å². The highest BCUT2D eigenvalue weighted by Crippen LogP contribution is 2.30. The second-order valence-corrected chi connectivity index (χ2v) is 6.09. The van der Waals surface area contributed by atoms with E-state index in [-0.39, 0.29) is 12.1 Å². The molecular formula is C19H19ClN2O4. The summed E-state index contributed by atoms with van der Waals surface area (Å²) in [6, 6.07) is 10.2. The molecule has 26 heavy (non-hydrogen) atoms. The standard InChI is InChI=1S/C19H19ClN2O4/c1-3-25-16-9-14-15(10-17(16)26-4-2)21-19(24)22(18(14)23)11-12-5-7-13(20)8-6-12/h5-10H,3-4,11H2,1-2H3,(H,21,24). The number of H-pyrrole nitrogens is 1. The van der Waals surface area contributed by atoms with Gasteiger partial charge in [0.05, 0.1) is 30.7 Å². The van der Waals surface area contributed by atoms with Crippen LogP contribution >= 0.6 is 11.6 Å². The van der Waals surface area contributed by atoms with Crippen molar-refractivity contribution < 1.29 is 9.47 Å². The van der Waals surface area contributed by atoms with Gasteiger partial charge in [-0.1, -0.05) is 23.7 Å². The Labute approximate surface area is 154 Å². The molecule has 6 nitrogen and oxygen atoms in total. The molecule has 1 heterocycles. The highest BCUT2D eigenvalue weighted by molar-refractivity contribution is 6.30. The third kappa shape index (κ3) is 3.60. The molecule has 0 saturated heterocycles. The highest BCUT2D eigenvalue weighted by Gasteiger charge is 2.13. The van der Waals surface area contributed by atoms with E-state index in [1.165, 1.54) is 0 Å². The van der Waals surface area contributed by atoms with Crippen LogP contribution < -0.4 is 20.7 Å². The zero-order valence-electron chi connectivity index (χ0n) is 14.5. The van der Waals surface area contributed by atoms with Crippen molar-refractivity contribution in [3.8, 4) is 11.5 Å². The maximum atomic E-state index is 12.9.